The summed E-state index contributed by atoms with van der Waals surface area (Å²) in [5, 5.41) is 0.155. The largest absolute Gasteiger partial charge is 0.507 e. The molecule has 2 heterocycles. The number of fused-ring (bicyclic) bond motifs is 1. The molecule has 1 fully saturated rings. The average molecular weight is 355 g/mol. The third kappa shape index (κ3) is 2.72. The molecular formula is C14H15ClF4N2O2. The standard InChI is InChI=1S/C14H15ClF4N2O2/c1-21-6-7(5-20)2-10(21)8-3-11-12(4-9(8)15)23-14(18,19)13(16,17)22-11/h3-4,7,10H,2,5-6,20H2,1H3. The smallest absolute Gasteiger partial charge is 0.421 e. The number of ether oxygens (including phenoxy) is 2. The summed E-state index contributed by atoms with van der Waals surface area (Å²) >= 11 is 6.14. The van der Waals surface area contributed by atoms with Crippen molar-refractivity contribution in [3.63, 3.8) is 0 Å². The Labute approximate surface area is 135 Å². The van der Waals surface area contributed by atoms with Crippen molar-refractivity contribution >= 4 is 11.6 Å². The highest BCUT2D eigenvalue weighted by molar-refractivity contribution is 6.31. The number of hydrogen-bond acceptors (Lipinski definition) is 4. The van der Waals surface area contributed by atoms with Gasteiger partial charge in [0.15, 0.2) is 11.5 Å². The molecule has 0 amide bonds. The van der Waals surface area contributed by atoms with Crippen LogP contribution in [0.15, 0.2) is 12.1 Å². The summed E-state index contributed by atoms with van der Waals surface area (Å²) in [4.78, 5) is 1.99. The van der Waals surface area contributed by atoms with Gasteiger partial charge in [-0.05, 0) is 37.6 Å². The molecule has 128 valence electrons. The minimum Gasteiger partial charge on any atom is -0.421 e. The monoisotopic (exact) mass is 354 g/mol. The van der Waals surface area contributed by atoms with Gasteiger partial charge >= 0.3 is 12.2 Å². The fraction of sp³-hybridized carbons (Fsp3) is 0.571. The zero-order valence-electron chi connectivity index (χ0n) is 12.2. The lowest BCUT2D eigenvalue weighted by Crippen LogP contribution is -2.52. The first-order valence-electron chi connectivity index (χ1n) is 7.02. The summed E-state index contributed by atoms with van der Waals surface area (Å²) in [7, 11) is 1.86. The quantitative estimate of drug-likeness (QED) is 0.828. The van der Waals surface area contributed by atoms with Crippen molar-refractivity contribution in [2.75, 3.05) is 20.1 Å². The van der Waals surface area contributed by atoms with Gasteiger partial charge in [-0.15, -0.1) is 0 Å². The van der Waals surface area contributed by atoms with E-state index >= 15 is 0 Å². The van der Waals surface area contributed by atoms with Gasteiger partial charge in [-0.1, -0.05) is 11.6 Å². The fourth-order valence-corrected chi connectivity index (χ4v) is 3.28. The predicted molar refractivity (Wildman–Crippen MR) is 75.1 cm³/mol. The minimum atomic E-state index is -4.75. The Morgan fingerprint density at radius 2 is 1.78 bits per heavy atom. The van der Waals surface area contributed by atoms with E-state index in [1.807, 2.05) is 11.9 Å². The molecule has 2 unspecified atom stereocenters. The van der Waals surface area contributed by atoms with E-state index in [1.54, 1.807) is 0 Å². The summed E-state index contributed by atoms with van der Waals surface area (Å²) in [5.74, 6) is -0.712. The van der Waals surface area contributed by atoms with Gasteiger partial charge in [0, 0.05) is 23.7 Å². The average Bonchev–Trinajstić information content (AvgIpc) is 2.81. The normalized spacial score (nSPS) is 28.8. The molecule has 0 radical (unpaired) electrons. The van der Waals surface area contributed by atoms with Crippen molar-refractivity contribution in [1.29, 1.82) is 0 Å². The predicted octanol–water partition coefficient (Wildman–Crippen LogP) is 3.25. The fourth-order valence-electron chi connectivity index (χ4n) is 3.00. The Bertz CT molecular complexity index is 629. The van der Waals surface area contributed by atoms with Crippen LogP contribution in [0.5, 0.6) is 11.5 Å². The van der Waals surface area contributed by atoms with Gasteiger partial charge in [-0.3, -0.25) is 4.90 Å². The Kier molecular flexibility index (Phi) is 3.89. The lowest BCUT2D eigenvalue weighted by molar-refractivity contribution is -0.391. The molecule has 0 saturated carbocycles. The van der Waals surface area contributed by atoms with E-state index in [0.29, 0.717) is 18.5 Å². The highest BCUT2D eigenvalue weighted by Gasteiger charge is 2.66. The molecule has 0 spiro atoms. The number of benzene rings is 1. The number of alkyl halides is 4. The highest BCUT2D eigenvalue weighted by Crippen LogP contribution is 2.50. The molecule has 1 saturated heterocycles. The maximum absolute atomic E-state index is 13.3. The van der Waals surface area contributed by atoms with Gasteiger partial charge in [0.05, 0.1) is 0 Å². The summed E-state index contributed by atoms with van der Waals surface area (Å²) in [6.45, 7) is 1.23. The first-order valence-corrected chi connectivity index (χ1v) is 7.40. The number of nitrogens with zero attached hydrogens (tertiary/aromatic N) is 1. The molecule has 4 nitrogen and oxygen atoms in total. The Morgan fingerprint density at radius 3 is 2.30 bits per heavy atom. The number of nitrogens with two attached hydrogens (primary N) is 1. The second-order valence-corrected chi connectivity index (χ2v) is 6.26. The van der Waals surface area contributed by atoms with Crippen molar-refractivity contribution in [3.8, 4) is 11.5 Å². The molecule has 1 aromatic carbocycles. The van der Waals surface area contributed by atoms with Gasteiger partial charge in [0.2, 0.25) is 0 Å². The van der Waals surface area contributed by atoms with E-state index < -0.39 is 23.7 Å². The molecule has 0 aromatic heterocycles. The molecule has 0 bridgehead atoms. The summed E-state index contributed by atoms with van der Waals surface area (Å²) in [5.41, 5.74) is 6.19. The van der Waals surface area contributed by atoms with E-state index in [2.05, 4.69) is 9.47 Å². The van der Waals surface area contributed by atoms with Gasteiger partial charge in [-0.25, -0.2) is 0 Å². The van der Waals surface area contributed by atoms with Crippen molar-refractivity contribution < 1.29 is 27.0 Å². The summed E-state index contributed by atoms with van der Waals surface area (Å²) < 4.78 is 61.2. The van der Waals surface area contributed by atoms with Crippen LogP contribution in [0.3, 0.4) is 0 Å². The molecule has 2 atom stereocenters. The summed E-state index contributed by atoms with van der Waals surface area (Å²) in [6, 6.07) is 2.17. The van der Waals surface area contributed by atoms with E-state index in [-0.39, 0.29) is 17.0 Å². The van der Waals surface area contributed by atoms with E-state index in [9.17, 15) is 17.6 Å². The van der Waals surface area contributed by atoms with Crippen LogP contribution in [0.1, 0.15) is 18.0 Å². The lowest BCUT2D eigenvalue weighted by atomic mass is 9.99. The van der Waals surface area contributed by atoms with Crippen LogP contribution in [0.2, 0.25) is 5.02 Å². The topological polar surface area (TPSA) is 47.7 Å². The first kappa shape index (κ1) is 16.6. The highest BCUT2D eigenvalue weighted by atomic mass is 35.5. The Hall–Kier alpha value is -1.25. The SMILES string of the molecule is CN1CC(CN)CC1c1cc2c(cc1Cl)OC(F)(F)C(F)(F)O2. The van der Waals surface area contributed by atoms with Gasteiger partial charge in [0.1, 0.15) is 0 Å². The van der Waals surface area contributed by atoms with E-state index in [0.717, 1.165) is 12.6 Å². The van der Waals surface area contributed by atoms with Crippen LogP contribution >= 0.6 is 11.6 Å². The van der Waals surface area contributed by atoms with Gasteiger partial charge in [-0.2, -0.15) is 17.6 Å². The molecule has 2 N–H and O–H groups in total. The molecule has 9 heteroatoms. The van der Waals surface area contributed by atoms with Gasteiger partial charge in [0.25, 0.3) is 0 Å². The van der Waals surface area contributed by atoms with Crippen LogP contribution < -0.4 is 15.2 Å². The lowest BCUT2D eigenvalue weighted by Gasteiger charge is -2.33. The molecule has 23 heavy (non-hydrogen) atoms. The number of halogens is 5. The van der Waals surface area contributed by atoms with E-state index in [4.69, 9.17) is 17.3 Å². The van der Waals surface area contributed by atoms with Crippen molar-refractivity contribution in [2.24, 2.45) is 11.7 Å². The van der Waals surface area contributed by atoms with Gasteiger partial charge < -0.3 is 15.2 Å². The maximum atomic E-state index is 13.3. The van der Waals surface area contributed by atoms with Crippen LogP contribution in [0, 0.1) is 5.92 Å². The molecule has 2 aliphatic heterocycles. The first-order chi connectivity index (χ1) is 10.6. The second kappa shape index (κ2) is 5.39. The maximum Gasteiger partial charge on any atom is 0.507 e. The number of hydrogen-bond donors (Lipinski definition) is 1. The molecule has 3 rings (SSSR count). The Balaban J connectivity index is 1.97. The molecular weight excluding hydrogens is 340 g/mol. The molecule has 2 aliphatic rings. The third-order valence-corrected chi connectivity index (χ3v) is 4.53. The zero-order valence-corrected chi connectivity index (χ0v) is 12.9. The Morgan fingerprint density at radius 1 is 1.22 bits per heavy atom. The van der Waals surface area contributed by atoms with Crippen LogP contribution in [-0.4, -0.2) is 37.3 Å². The number of likely N-dealkylation sites (tertiary alicyclic amines) is 1. The minimum absolute atomic E-state index is 0.152. The second-order valence-electron chi connectivity index (χ2n) is 5.85. The van der Waals surface area contributed by atoms with Crippen molar-refractivity contribution in [1.82, 2.24) is 4.90 Å². The third-order valence-electron chi connectivity index (χ3n) is 4.21. The van der Waals surface area contributed by atoms with Crippen LogP contribution in [0.25, 0.3) is 0 Å². The zero-order chi connectivity index (χ0) is 17.0. The molecule has 0 aliphatic carbocycles. The van der Waals surface area contributed by atoms with Crippen molar-refractivity contribution in [3.05, 3.63) is 22.7 Å². The van der Waals surface area contributed by atoms with Crippen molar-refractivity contribution in [2.45, 2.75) is 24.7 Å². The molecule has 1 aromatic rings. The van der Waals surface area contributed by atoms with E-state index in [1.165, 1.54) is 6.07 Å². The van der Waals surface area contributed by atoms with Crippen LogP contribution in [-0.2, 0) is 0 Å². The summed E-state index contributed by atoms with van der Waals surface area (Å²) in [6.07, 6.45) is -8.80. The van der Waals surface area contributed by atoms with Crippen LogP contribution in [0.4, 0.5) is 17.6 Å². The number of rotatable bonds is 2.